The van der Waals surface area contributed by atoms with Gasteiger partial charge in [0.2, 0.25) is 0 Å². The Hall–Kier alpha value is -5.17. The zero-order valence-corrected chi connectivity index (χ0v) is 19.4. The molecule has 0 radical (unpaired) electrons. The minimum atomic E-state index is 0.720. The number of hydrogen-bond donors (Lipinski definition) is 0. The molecule has 7 nitrogen and oxygen atoms in total. The monoisotopic (exact) mass is 467 g/mol. The van der Waals surface area contributed by atoms with Gasteiger partial charge in [-0.1, -0.05) is 25.3 Å². The van der Waals surface area contributed by atoms with Crippen molar-refractivity contribution in [3.05, 3.63) is 114 Å². The van der Waals surface area contributed by atoms with E-state index in [1.165, 1.54) is 0 Å². The Morgan fingerprint density at radius 1 is 0.639 bits per heavy atom. The van der Waals surface area contributed by atoms with E-state index in [4.69, 9.17) is 0 Å². The fourth-order valence-electron chi connectivity index (χ4n) is 4.20. The smallest absolute Gasteiger partial charge is 0.137 e. The lowest BCUT2D eigenvalue weighted by atomic mass is 10.1. The molecular weight excluding hydrogens is 446 g/mol. The Bertz CT molecular complexity index is 1780. The summed E-state index contributed by atoms with van der Waals surface area (Å²) < 4.78 is 4.05. The Morgan fingerprint density at radius 2 is 1.28 bits per heavy atom. The Kier molecular flexibility index (Phi) is 5.27. The molecule has 0 amide bonds. The Balaban J connectivity index is 1.34. The van der Waals surface area contributed by atoms with E-state index in [-0.39, 0.29) is 0 Å². The third kappa shape index (κ3) is 3.69. The Labute approximate surface area is 207 Å². The summed E-state index contributed by atoms with van der Waals surface area (Å²) in [4.78, 5) is 13.8. The van der Waals surface area contributed by atoms with Crippen molar-refractivity contribution in [2.75, 3.05) is 0 Å². The SMILES string of the molecule is C=Cc1nc2ccccn2c1/C=C/c1ccc2c(/C=C/c3c(C=C)nc4ccccn34)nnc-2cn1. The molecule has 4 aromatic rings. The third-order valence-corrected chi connectivity index (χ3v) is 5.96. The van der Waals surface area contributed by atoms with Crippen LogP contribution in [0.15, 0.2) is 80.3 Å². The zero-order valence-electron chi connectivity index (χ0n) is 19.4. The second-order valence-electron chi connectivity index (χ2n) is 8.10. The molecule has 0 bridgehead atoms. The minimum Gasteiger partial charge on any atom is -0.300 e. The summed E-state index contributed by atoms with van der Waals surface area (Å²) in [6, 6.07) is 15.8. The first kappa shape index (κ1) is 21.4. The van der Waals surface area contributed by atoms with Crippen molar-refractivity contribution in [2.24, 2.45) is 0 Å². The summed E-state index contributed by atoms with van der Waals surface area (Å²) in [5.74, 6) is 0. The predicted octanol–water partition coefficient (Wildman–Crippen LogP) is 5.90. The highest BCUT2D eigenvalue weighted by molar-refractivity contribution is 5.80. The number of rotatable bonds is 6. The first-order valence-electron chi connectivity index (χ1n) is 11.4. The van der Waals surface area contributed by atoms with Crippen LogP contribution in [0.25, 0.3) is 59.0 Å². The summed E-state index contributed by atoms with van der Waals surface area (Å²) in [5.41, 5.74) is 8.43. The molecule has 172 valence electrons. The fourth-order valence-corrected chi connectivity index (χ4v) is 4.20. The number of aromatic nitrogens is 7. The summed E-state index contributed by atoms with van der Waals surface area (Å²) in [6.07, 6.45) is 17.1. The van der Waals surface area contributed by atoms with Gasteiger partial charge in [0.15, 0.2) is 0 Å². The molecule has 6 heterocycles. The molecular formula is C29H21N7. The standard InChI is InChI=1S/C29H21N7/c1-3-22-26(35-17-7-5-9-28(35)31-22)15-12-20-11-13-21-24(33-34-25(21)19-30-20)14-16-27-23(4-2)32-29-10-6-8-18-36(27)29/h3-19H,1-2H2/b15-12+,16-14+. The first-order valence-corrected chi connectivity index (χ1v) is 11.4. The van der Waals surface area contributed by atoms with Gasteiger partial charge in [0.1, 0.15) is 17.0 Å². The van der Waals surface area contributed by atoms with Gasteiger partial charge >= 0.3 is 0 Å². The molecule has 0 saturated carbocycles. The van der Waals surface area contributed by atoms with Crippen LogP contribution in [0.4, 0.5) is 0 Å². The number of fused-ring (bicyclic) bond motifs is 3. The van der Waals surface area contributed by atoms with Crippen LogP contribution in [0.3, 0.4) is 0 Å². The van der Waals surface area contributed by atoms with E-state index in [9.17, 15) is 0 Å². The van der Waals surface area contributed by atoms with E-state index in [0.29, 0.717) is 0 Å². The zero-order chi connectivity index (χ0) is 24.5. The molecule has 2 aliphatic heterocycles. The molecule has 6 rings (SSSR count). The normalized spacial score (nSPS) is 11.9. The van der Waals surface area contributed by atoms with Crippen LogP contribution < -0.4 is 0 Å². The maximum atomic E-state index is 4.62. The number of imidazole rings is 2. The van der Waals surface area contributed by atoms with Crippen LogP contribution in [0, 0.1) is 0 Å². The van der Waals surface area contributed by atoms with E-state index in [1.807, 2.05) is 94.0 Å². The van der Waals surface area contributed by atoms with E-state index in [2.05, 4.69) is 38.3 Å². The quantitative estimate of drug-likeness (QED) is 0.305. The van der Waals surface area contributed by atoms with Crippen LogP contribution >= 0.6 is 0 Å². The van der Waals surface area contributed by atoms with E-state index < -0.39 is 0 Å². The molecule has 4 aromatic heterocycles. The van der Waals surface area contributed by atoms with E-state index >= 15 is 0 Å². The highest BCUT2D eigenvalue weighted by atomic mass is 15.1. The second-order valence-corrected chi connectivity index (χ2v) is 8.10. The van der Waals surface area contributed by atoms with Crippen molar-refractivity contribution in [1.29, 1.82) is 0 Å². The molecule has 0 aliphatic carbocycles. The predicted molar refractivity (Wildman–Crippen MR) is 145 cm³/mol. The van der Waals surface area contributed by atoms with Gasteiger partial charge in [-0.3, -0.25) is 13.8 Å². The lowest BCUT2D eigenvalue weighted by Gasteiger charge is -1.96. The van der Waals surface area contributed by atoms with Gasteiger partial charge in [0.25, 0.3) is 0 Å². The van der Waals surface area contributed by atoms with Crippen LogP contribution in [0.1, 0.15) is 34.2 Å². The number of hydrogen-bond acceptors (Lipinski definition) is 5. The largest absolute Gasteiger partial charge is 0.300 e. The van der Waals surface area contributed by atoms with Gasteiger partial charge in [0, 0.05) is 18.0 Å². The molecule has 36 heavy (non-hydrogen) atoms. The second kappa shape index (κ2) is 8.88. The average Bonchev–Trinajstić information content (AvgIpc) is 3.55. The summed E-state index contributed by atoms with van der Waals surface area (Å²) >= 11 is 0. The molecule has 0 atom stereocenters. The van der Waals surface area contributed by atoms with Gasteiger partial charge in [-0.15, -0.1) is 10.2 Å². The fraction of sp³-hybridized carbons (Fsp3) is 0. The number of pyridine rings is 2. The molecule has 2 aliphatic rings. The van der Waals surface area contributed by atoms with Gasteiger partial charge in [-0.05, 0) is 72.9 Å². The summed E-state index contributed by atoms with van der Waals surface area (Å²) in [5, 5.41) is 8.68. The van der Waals surface area contributed by atoms with Crippen LogP contribution in [0.2, 0.25) is 0 Å². The van der Waals surface area contributed by atoms with Crippen molar-refractivity contribution in [3.63, 3.8) is 0 Å². The average molecular weight is 468 g/mol. The van der Waals surface area contributed by atoms with Crippen molar-refractivity contribution >= 4 is 47.8 Å². The molecule has 0 spiro atoms. The van der Waals surface area contributed by atoms with Gasteiger partial charge < -0.3 is 0 Å². The van der Waals surface area contributed by atoms with Crippen molar-refractivity contribution in [2.45, 2.75) is 0 Å². The van der Waals surface area contributed by atoms with E-state index in [1.54, 1.807) is 18.3 Å². The van der Waals surface area contributed by atoms with Crippen LogP contribution in [-0.4, -0.2) is 34.0 Å². The Morgan fingerprint density at radius 3 is 1.92 bits per heavy atom. The van der Waals surface area contributed by atoms with Crippen LogP contribution in [0.5, 0.6) is 0 Å². The van der Waals surface area contributed by atoms with Gasteiger partial charge in [-0.2, -0.15) is 0 Å². The van der Waals surface area contributed by atoms with Gasteiger partial charge in [0.05, 0.1) is 40.4 Å². The maximum Gasteiger partial charge on any atom is 0.137 e. The van der Waals surface area contributed by atoms with Crippen molar-refractivity contribution < 1.29 is 0 Å². The molecule has 0 fully saturated rings. The maximum absolute atomic E-state index is 4.62. The first-order chi connectivity index (χ1) is 17.7. The lowest BCUT2D eigenvalue weighted by molar-refractivity contribution is 1.08. The lowest BCUT2D eigenvalue weighted by Crippen LogP contribution is -1.86. The minimum absolute atomic E-state index is 0.720. The van der Waals surface area contributed by atoms with Crippen molar-refractivity contribution in [1.82, 2.24) is 34.0 Å². The highest BCUT2D eigenvalue weighted by Gasteiger charge is 2.12. The highest BCUT2D eigenvalue weighted by Crippen LogP contribution is 2.25. The summed E-state index contributed by atoms with van der Waals surface area (Å²) in [7, 11) is 0. The molecule has 0 aromatic carbocycles. The van der Waals surface area contributed by atoms with Crippen LogP contribution in [-0.2, 0) is 0 Å². The topological polar surface area (TPSA) is 73.3 Å². The van der Waals surface area contributed by atoms with Crippen molar-refractivity contribution in [3.8, 4) is 11.3 Å². The van der Waals surface area contributed by atoms with Gasteiger partial charge in [-0.25, -0.2) is 9.97 Å². The molecule has 0 unspecified atom stereocenters. The molecule has 0 N–H and O–H groups in total. The summed E-state index contributed by atoms with van der Waals surface area (Å²) in [6.45, 7) is 7.80. The molecule has 0 saturated heterocycles. The molecule has 7 heteroatoms. The van der Waals surface area contributed by atoms with E-state index in [0.717, 1.165) is 56.7 Å². The third-order valence-electron chi connectivity index (χ3n) is 5.96. The number of nitrogens with zero attached hydrogens (tertiary/aromatic N) is 7.